The van der Waals surface area contributed by atoms with E-state index in [9.17, 15) is 5.11 Å². The Balaban J connectivity index is 1.71. The van der Waals surface area contributed by atoms with E-state index in [1.165, 1.54) is 0 Å². The zero-order chi connectivity index (χ0) is 20.1. The fraction of sp³-hybridized carbons (Fsp3) is 0. The van der Waals surface area contributed by atoms with Crippen LogP contribution in [0.2, 0.25) is 0 Å². The fourth-order valence-corrected chi connectivity index (χ4v) is 3.94. The zero-order valence-electron chi connectivity index (χ0n) is 15.9. The third-order valence-electron chi connectivity index (χ3n) is 5.34. The summed E-state index contributed by atoms with van der Waals surface area (Å²) in [6.07, 6.45) is 1.79. The van der Waals surface area contributed by atoms with Gasteiger partial charge in [0, 0.05) is 22.5 Å². The van der Waals surface area contributed by atoms with Gasteiger partial charge in [-0.05, 0) is 30.3 Å². The molecule has 1 N–H and O–H groups in total. The molecule has 0 saturated heterocycles. The van der Waals surface area contributed by atoms with E-state index in [1.54, 1.807) is 12.3 Å². The molecule has 0 bridgehead atoms. The molecule has 3 heterocycles. The van der Waals surface area contributed by atoms with E-state index < -0.39 is 0 Å². The molecule has 6 aromatic rings. The van der Waals surface area contributed by atoms with Crippen LogP contribution in [-0.2, 0) is 0 Å². The lowest BCUT2D eigenvalue weighted by Crippen LogP contribution is -2.01. The number of aromatic hydroxyl groups is 1. The Labute approximate surface area is 171 Å². The molecule has 0 atom stereocenters. The molecule has 0 radical (unpaired) electrons. The summed E-state index contributed by atoms with van der Waals surface area (Å²) in [4.78, 5) is 14.3. The number of aromatic nitrogens is 4. The monoisotopic (exact) mass is 388 g/mol. The number of nitrogens with zero attached hydrogens (tertiary/aromatic N) is 4. The number of hydrogen-bond donors (Lipinski definition) is 1. The lowest BCUT2D eigenvalue weighted by atomic mass is 10.1. The van der Waals surface area contributed by atoms with Gasteiger partial charge in [-0.1, -0.05) is 54.6 Å². The smallest absolute Gasteiger partial charge is 0.147 e. The molecule has 3 aromatic carbocycles. The van der Waals surface area contributed by atoms with Crippen molar-refractivity contribution < 1.29 is 5.11 Å². The van der Waals surface area contributed by atoms with Crippen LogP contribution in [0.1, 0.15) is 0 Å². The zero-order valence-corrected chi connectivity index (χ0v) is 15.9. The van der Waals surface area contributed by atoms with Crippen molar-refractivity contribution in [1.29, 1.82) is 0 Å². The van der Waals surface area contributed by atoms with Gasteiger partial charge in [0.1, 0.15) is 22.9 Å². The van der Waals surface area contributed by atoms with Crippen LogP contribution in [0.4, 0.5) is 0 Å². The molecule has 0 unspecified atom stereocenters. The third kappa shape index (κ3) is 2.46. The van der Waals surface area contributed by atoms with Crippen molar-refractivity contribution in [2.45, 2.75) is 0 Å². The molecule has 30 heavy (non-hydrogen) atoms. The molecule has 0 fully saturated rings. The molecule has 0 aliphatic carbocycles. The number of imidazole rings is 1. The van der Waals surface area contributed by atoms with Crippen LogP contribution in [0.25, 0.3) is 50.0 Å². The summed E-state index contributed by atoms with van der Waals surface area (Å²) in [5.41, 5.74) is 4.01. The standard InChI is InChI=1S/C25H16N4O/c30-20-10-4-9-19-24(20)28-25(18-6-2-1-3-7-18)29(19)21-14-13-17-12-11-16-8-5-15-26-22(16)23(17)27-21/h1-15,30H. The summed E-state index contributed by atoms with van der Waals surface area (Å²) in [6.45, 7) is 0. The summed E-state index contributed by atoms with van der Waals surface area (Å²) < 4.78 is 1.99. The van der Waals surface area contributed by atoms with Crippen molar-refractivity contribution in [2.24, 2.45) is 0 Å². The molecule has 3 aromatic heterocycles. The molecular weight excluding hydrogens is 372 g/mol. The molecule has 5 heteroatoms. The minimum absolute atomic E-state index is 0.149. The number of para-hydroxylation sites is 1. The number of hydrogen-bond acceptors (Lipinski definition) is 4. The fourth-order valence-electron chi connectivity index (χ4n) is 3.94. The van der Waals surface area contributed by atoms with Gasteiger partial charge in [0.15, 0.2) is 0 Å². The van der Waals surface area contributed by atoms with Crippen molar-refractivity contribution in [3.05, 3.63) is 91.1 Å². The Morgan fingerprint density at radius 3 is 2.30 bits per heavy atom. The topological polar surface area (TPSA) is 63.8 Å². The highest BCUT2D eigenvalue weighted by Crippen LogP contribution is 2.33. The summed E-state index contributed by atoms with van der Waals surface area (Å²) in [5.74, 6) is 1.61. The van der Waals surface area contributed by atoms with Gasteiger partial charge in [-0.2, -0.15) is 0 Å². The summed E-state index contributed by atoms with van der Waals surface area (Å²) in [7, 11) is 0. The van der Waals surface area contributed by atoms with E-state index in [4.69, 9.17) is 9.97 Å². The molecule has 0 aliphatic rings. The van der Waals surface area contributed by atoms with Crippen LogP contribution in [0.15, 0.2) is 91.1 Å². The average molecular weight is 388 g/mol. The van der Waals surface area contributed by atoms with Crippen molar-refractivity contribution >= 4 is 32.8 Å². The highest BCUT2D eigenvalue weighted by atomic mass is 16.3. The first kappa shape index (κ1) is 16.7. The van der Waals surface area contributed by atoms with E-state index in [0.29, 0.717) is 5.52 Å². The van der Waals surface area contributed by atoms with Crippen molar-refractivity contribution in [1.82, 2.24) is 19.5 Å². The molecule has 0 aliphatic heterocycles. The van der Waals surface area contributed by atoms with Crippen LogP contribution in [0.3, 0.4) is 0 Å². The van der Waals surface area contributed by atoms with Gasteiger partial charge in [0.25, 0.3) is 0 Å². The Morgan fingerprint density at radius 2 is 1.43 bits per heavy atom. The minimum Gasteiger partial charge on any atom is -0.506 e. The Morgan fingerprint density at radius 1 is 0.633 bits per heavy atom. The predicted octanol–water partition coefficient (Wildman–Crippen LogP) is 5.49. The first-order chi connectivity index (χ1) is 14.8. The Hall–Kier alpha value is -4.25. The van der Waals surface area contributed by atoms with E-state index >= 15 is 0 Å². The van der Waals surface area contributed by atoms with Gasteiger partial charge >= 0.3 is 0 Å². The van der Waals surface area contributed by atoms with E-state index in [2.05, 4.69) is 23.2 Å². The molecule has 5 nitrogen and oxygen atoms in total. The second kappa shape index (κ2) is 6.39. The lowest BCUT2D eigenvalue weighted by Gasteiger charge is -2.10. The van der Waals surface area contributed by atoms with Crippen LogP contribution < -0.4 is 0 Å². The van der Waals surface area contributed by atoms with Gasteiger partial charge < -0.3 is 5.11 Å². The summed E-state index contributed by atoms with van der Waals surface area (Å²) in [5, 5.41) is 12.5. The highest BCUT2D eigenvalue weighted by Gasteiger charge is 2.17. The molecule has 0 saturated carbocycles. The van der Waals surface area contributed by atoms with Gasteiger partial charge in [0.2, 0.25) is 0 Å². The molecule has 142 valence electrons. The minimum atomic E-state index is 0.149. The van der Waals surface area contributed by atoms with Gasteiger partial charge in [0.05, 0.1) is 16.6 Å². The number of phenolic OH excluding ortho intramolecular Hbond substituents is 1. The van der Waals surface area contributed by atoms with E-state index in [1.807, 2.05) is 65.2 Å². The second-order valence-electron chi connectivity index (χ2n) is 7.16. The average Bonchev–Trinajstić information content (AvgIpc) is 3.20. The maximum absolute atomic E-state index is 10.4. The van der Waals surface area contributed by atoms with E-state index in [0.717, 1.165) is 44.5 Å². The Bertz CT molecular complexity index is 1550. The SMILES string of the molecule is Oc1cccc2c1nc(-c1ccccc1)n2-c1ccc2ccc3cccnc3c2n1. The Kier molecular flexibility index (Phi) is 3.55. The lowest BCUT2D eigenvalue weighted by molar-refractivity contribution is 0.480. The molecule has 6 rings (SSSR count). The molecule has 0 spiro atoms. The number of fused-ring (bicyclic) bond motifs is 4. The third-order valence-corrected chi connectivity index (χ3v) is 5.34. The predicted molar refractivity (Wildman–Crippen MR) is 119 cm³/mol. The van der Waals surface area contributed by atoms with Gasteiger partial charge in [-0.15, -0.1) is 0 Å². The summed E-state index contributed by atoms with van der Waals surface area (Å²) >= 11 is 0. The van der Waals surface area contributed by atoms with Crippen molar-refractivity contribution in [3.8, 4) is 23.0 Å². The number of phenols is 1. The molecule has 0 amide bonds. The number of pyridine rings is 2. The van der Waals surface area contributed by atoms with Crippen LogP contribution >= 0.6 is 0 Å². The first-order valence-corrected chi connectivity index (χ1v) is 9.70. The van der Waals surface area contributed by atoms with Crippen LogP contribution in [0.5, 0.6) is 5.75 Å². The quantitative estimate of drug-likeness (QED) is 0.398. The second-order valence-corrected chi connectivity index (χ2v) is 7.16. The normalized spacial score (nSPS) is 11.5. The van der Waals surface area contributed by atoms with Gasteiger partial charge in [-0.3, -0.25) is 9.55 Å². The largest absolute Gasteiger partial charge is 0.506 e. The number of benzene rings is 3. The number of rotatable bonds is 2. The highest BCUT2D eigenvalue weighted by molar-refractivity contribution is 6.03. The molecular formula is C25H16N4O. The maximum atomic E-state index is 10.4. The maximum Gasteiger partial charge on any atom is 0.147 e. The van der Waals surface area contributed by atoms with E-state index in [-0.39, 0.29) is 5.75 Å². The first-order valence-electron chi connectivity index (χ1n) is 9.70. The van der Waals surface area contributed by atoms with Gasteiger partial charge in [-0.25, -0.2) is 9.97 Å². The van der Waals surface area contributed by atoms with Crippen molar-refractivity contribution in [3.63, 3.8) is 0 Å². The van der Waals surface area contributed by atoms with Crippen LogP contribution in [-0.4, -0.2) is 24.6 Å². The van der Waals surface area contributed by atoms with Crippen LogP contribution in [0, 0.1) is 0 Å². The summed E-state index contributed by atoms with van der Waals surface area (Å²) in [6, 6.07) is 27.5. The van der Waals surface area contributed by atoms with Crippen molar-refractivity contribution in [2.75, 3.05) is 0 Å².